The second kappa shape index (κ2) is 7.11. The Bertz CT molecular complexity index is 843. The quantitative estimate of drug-likeness (QED) is 0.829. The Morgan fingerprint density at radius 2 is 1.92 bits per heavy atom. The third-order valence-corrected chi connectivity index (χ3v) is 3.55. The number of hydrogen-bond donors (Lipinski definition) is 1. The molecular weight excluding hydrogens is 346 g/mol. The first kappa shape index (κ1) is 19.4. The third kappa shape index (κ3) is 3.98. The Labute approximate surface area is 149 Å². The summed E-state index contributed by atoms with van der Waals surface area (Å²) in [5, 5.41) is 5.14. The van der Waals surface area contributed by atoms with E-state index in [0.717, 1.165) is 11.1 Å². The number of nitrogens with one attached hydrogen (secondary N) is 1. The molecule has 0 bridgehead atoms. The number of halogens is 2. The summed E-state index contributed by atoms with van der Waals surface area (Å²) in [6.45, 7) is 5.56. The molecule has 140 valence electrons. The van der Waals surface area contributed by atoms with Crippen LogP contribution in [0.3, 0.4) is 0 Å². The van der Waals surface area contributed by atoms with E-state index in [1.807, 2.05) is 20.8 Å². The van der Waals surface area contributed by atoms with Gasteiger partial charge in [-0.3, -0.25) is 14.9 Å². The minimum absolute atomic E-state index is 0.0275. The first-order valence-electron chi connectivity index (χ1n) is 7.73. The molecule has 9 heteroatoms. The van der Waals surface area contributed by atoms with Gasteiger partial charge < -0.3 is 4.74 Å². The molecule has 2 rings (SSSR count). The lowest BCUT2D eigenvalue weighted by atomic mass is 10.1. The normalized spacial score (nSPS) is 11.2. The number of benzene rings is 1. The Morgan fingerprint density at radius 3 is 2.46 bits per heavy atom. The molecule has 0 saturated carbocycles. The first-order valence-corrected chi connectivity index (χ1v) is 7.73. The third-order valence-electron chi connectivity index (χ3n) is 3.55. The maximum absolute atomic E-state index is 14.2. The largest absolute Gasteiger partial charge is 0.452 e. The monoisotopic (exact) mass is 366 g/mol. The number of methoxy groups -OCH3 is 1. The van der Waals surface area contributed by atoms with Gasteiger partial charge in [-0.2, -0.15) is 5.10 Å². The molecule has 0 aliphatic carbocycles. The van der Waals surface area contributed by atoms with E-state index in [4.69, 9.17) is 0 Å². The number of hydrogen-bond acceptors (Lipinski definition) is 4. The lowest BCUT2D eigenvalue weighted by molar-refractivity contribution is 0.0767. The van der Waals surface area contributed by atoms with Gasteiger partial charge in [0, 0.05) is 24.9 Å². The fourth-order valence-electron chi connectivity index (χ4n) is 2.16. The van der Waals surface area contributed by atoms with Crippen molar-refractivity contribution in [2.75, 3.05) is 14.2 Å². The van der Waals surface area contributed by atoms with Crippen LogP contribution in [0.25, 0.3) is 11.3 Å². The van der Waals surface area contributed by atoms with Crippen molar-refractivity contribution in [2.45, 2.75) is 26.3 Å². The molecule has 1 aromatic carbocycles. The predicted molar refractivity (Wildman–Crippen MR) is 90.2 cm³/mol. The maximum atomic E-state index is 14.2. The average Bonchev–Trinajstić information content (AvgIpc) is 2.99. The minimum atomic E-state index is -0.848. The van der Waals surface area contributed by atoms with Gasteiger partial charge in [0.2, 0.25) is 0 Å². The number of carbonyl (C=O) groups excluding carboxylic acids is 2. The zero-order chi connectivity index (χ0) is 19.6. The fraction of sp³-hybridized carbons (Fsp3) is 0.353. The molecule has 1 N–H and O–H groups in total. The molecule has 1 heterocycles. The molecule has 0 fully saturated rings. The summed E-state index contributed by atoms with van der Waals surface area (Å²) in [5.74, 6) is -2.27. The lowest BCUT2D eigenvalue weighted by Gasteiger charge is -2.19. The van der Waals surface area contributed by atoms with Gasteiger partial charge in [0.05, 0.1) is 18.2 Å². The van der Waals surface area contributed by atoms with Crippen molar-refractivity contribution in [1.29, 1.82) is 0 Å². The highest BCUT2D eigenvalue weighted by Crippen LogP contribution is 2.28. The highest BCUT2D eigenvalue weighted by atomic mass is 19.1. The van der Waals surface area contributed by atoms with E-state index in [2.05, 4.69) is 15.3 Å². The molecule has 26 heavy (non-hydrogen) atoms. The predicted octanol–water partition coefficient (Wildman–Crippen LogP) is 2.93. The van der Waals surface area contributed by atoms with E-state index < -0.39 is 29.2 Å². The van der Waals surface area contributed by atoms with Gasteiger partial charge in [0.1, 0.15) is 17.3 Å². The molecule has 7 nitrogen and oxygen atoms in total. The molecule has 0 saturated heterocycles. The summed E-state index contributed by atoms with van der Waals surface area (Å²) in [6.07, 6.45) is 0.662. The van der Waals surface area contributed by atoms with Crippen LogP contribution in [0.4, 0.5) is 13.6 Å². The smallest absolute Gasteiger partial charge is 0.428 e. The van der Waals surface area contributed by atoms with Crippen LogP contribution in [-0.2, 0) is 10.3 Å². The van der Waals surface area contributed by atoms with E-state index in [1.165, 1.54) is 31.1 Å². The van der Waals surface area contributed by atoms with Crippen molar-refractivity contribution in [1.82, 2.24) is 20.2 Å². The van der Waals surface area contributed by atoms with E-state index in [-0.39, 0.29) is 16.8 Å². The van der Waals surface area contributed by atoms with Crippen molar-refractivity contribution in [2.24, 2.45) is 0 Å². The molecule has 0 unspecified atom stereocenters. The standard InChI is InChI=1S/C17H20F2N4O3/c1-17(2,3)23-9-12(15(24)21-22(4)16(25)26-5)14(20-23)11-7-6-10(18)8-13(11)19/h6-9H,1-5H3,(H,21,24). The number of nitrogens with zero attached hydrogens (tertiary/aromatic N) is 3. The first-order chi connectivity index (χ1) is 12.0. The van der Waals surface area contributed by atoms with E-state index >= 15 is 0 Å². The topological polar surface area (TPSA) is 76.5 Å². The van der Waals surface area contributed by atoms with Gasteiger partial charge in [0.15, 0.2) is 0 Å². The highest BCUT2D eigenvalue weighted by molar-refractivity contribution is 6.00. The van der Waals surface area contributed by atoms with E-state index in [9.17, 15) is 18.4 Å². The van der Waals surface area contributed by atoms with Gasteiger partial charge in [0.25, 0.3) is 5.91 Å². The summed E-state index contributed by atoms with van der Waals surface area (Å²) in [6, 6.07) is 3.01. The molecule has 0 atom stereocenters. The molecule has 0 aliphatic rings. The molecule has 2 amide bonds. The van der Waals surface area contributed by atoms with E-state index in [0.29, 0.717) is 6.07 Å². The fourth-order valence-corrected chi connectivity index (χ4v) is 2.16. The summed E-state index contributed by atoms with van der Waals surface area (Å²) in [5.41, 5.74) is 1.87. The van der Waals surface area contributed by atoms with Crippen molar-refractivity contribution < 1.29 is 23.1 Å². The number of amides is 2. The zero-order valence-electron chi connectivity index (χ0n) is 15.1. The van der Waals surface area contributed by atoms with Crippen molar-refractivity contribution in [3.05, 3.63) is 41.6 Å². The van der Waals surface area contributed by atoms with Gasteiger partial charge in [-0.05, 0) is 32.9 Å². The Morgan fingerprint density at radius 1 is 1.27 bits per heavy atom. The SMILES string of the molecule is COC(=O)N(C)NC(=O)c1cn(C(C)(C)C)nc1-c1ccc(F)cc1F. The molecule has 0 spiro atoms. The van der Waals surface area contributed by atoms with Crippen molar-refractivity contribution >= 4 is 12.0 Å². The number of aromatic nitrogens is 2. The number of rotatable bonds is 2. The Kier molecular flexibility index (Phi) is 5.29. The van der Waals surface area contributed by atoms with Crippen LogP contribution >= 0.6 is 0 Å². The van der Waals surface area contributed by atoms with Crippen LogP contribution in [0.15, 0.2) is 24.4 Å². The van der Waals surface area contributed by atoms with Gasteiger partial charge >= 0.3 is 6.09 Å². The number of ether oxygens (including phenoxy) is 1. The summed E-state index contributed by atoms with van der Waals surface area (Å²) in [4.78, 5) is 24.0. The Balaban J connectivity index is 2.52. The molecular formula is C17H20F2N4O3. The van der Waals surface area contributed by atoms with Crippen LogP contribution in [0.2, 0.25) is 0 Å². The van der Waals surface area contributed by atoms with Crippen LogP contribution in [0.5, 0.6) is 0 Å². The molecule has 2 aromatic rings. The summed E-state index contributed by atoms with van der Waals surface area (Å²) in [7, 11) is 2.47. The van der Waals surface area contributed by atoms with Crippen LogP contribution in [0, 0.1) is 11.6 Å². The maximum Gasteiger partial charge on any atom is 0.428 e. The number of carbonyl (C=O) groups is 2. The summed E-state index contributed by atoms with van der Waals surface area (Å²) >= 11 is 0. The second-order valence-corrected chi connectivity index (χ2v) is 6.60. The zero-order valence-corrected chi connectivity index (χ0v) is 15.1. The Hall–Kier alpha value is -2.97. The second-order valence-electron chi connectivity index (χ2n) is 6.60. The van der Waals surface area contributed by atoms with Crippen LogP contribution in [-0.4, -0.2) is 40.9 Å². The van der Waals surface area contributed by atoms with Gasteiger partial charge in [-0.25, -0.2) is 18.6 Å². The lowest BCUT2D eigenvalue weighted by Crippen LogP contribution is -2.43. The van der Waals surface area contributed by atoms with Crippen LogP contribution in [0.1, 0.15) is 31.1 Å². The molecule has 0 aliphatic heterocycles. The minimum Gasteiger partial charge on any atom is -0.452 e. The highest BCUT2D eigenvalue weighted by Gasteiger charge is 2.26. The van der Waals surface area contributed by atoms with E-state index in [1.54, 1.807) is 0 Å². The van der Waals surface area contributed by atoms with Gasteiger partial charge in [-0.1, -0.05) is 0 Å². The van der Waals surface area contributed by atoms with Crippen molar-refractivity contribution in [3.63, 3.8) is 0 Å². The van der Waals surface area contributed by atoms with Gasteiger partial charge in [-0.15, -0.1) is 0 Å². The molecule has 1 aromatic heterocycles. The number of hydrazine groups is 1. The van der Waals surface area contributed by atoms with Crippen molar-refractivity contribution in [3.8, 4) is 11.3 Å². The van der Waals surface area contributed by atoms with Crippen LogP contribution < -0.4 is 5.43 Å². The summed E-state index contributed by atoms with van der Waals surface area (Å²) < 4.78 is 33.4. The molecule has 0 radical (unpaired) electrons. The average molecular weight is 366 g/mol.